The second-order valence-corrected chi connectivity index (χ2v) is 7.95. The van der Waals surface area contributed by atoms with Crippen LogP contribution in [-0.4, -0.2) is 11.8 Å². The van der Waals surface area contributed by atoms with E-state index in [1.54, 1.807) is 0 Å². The van der Waals surface area contributed by atoms with Crippen LogP contribution in [0.2, 0.25) is 0 Å². The first-order valence-electron chi connectivity index (χ1n) is 7.90. The van der Waals surface area contributed by atoms with E-state index < -0.39 is 0 Å². The first-order valence-corrected chi connectivity index (χ1v) is 8.69. The van der Waals surface area contributed by atoms with Crippen molar-refractivity contribution in [3.8, 4) is 0 Å². The number of anilines is 1. The second-order valence-electron chi connectivity index (χ2n) is 7.10. The number of nitrogens with zero attached hydrogens (tertiary/aromatic N) is 1. The molecule has 3 nitrogen and oxygen atoms in total. The van der Waals surface area contributed by atoms with Crippen LogP contribution in [0.3, 0.4) is 0 Å². The molecule has 22 heavy (non-hydrogen) atoms. The zero-order valence-electron chi connectivity index (χ0n) is 12.2. The summed E-state index contributed by atoms with van der Waals surface area (Å²) in [6.07, 6.45) is 5.62. The van der Waals surface area contributed by atoms with E-state index in [1.165, 1.54) is 11.3 Å². The molecule has 0 aromatic heterocycles. The summed E-state index contributed by atoms with van der Waals surface area (Å²) in [5, 5.41) is 0. The Morgan fingerprint density at radius 1 is 1.05 bits per heavy atom. The van der Waals surface area contributed by atoms with Gasteiger partial charge in [-0.15, -0.1) is 0 Å². The molecule has 5 aliphatic rings. The predicted molar refractivity (Wildman–Crippen MR) is 86.1 cm³/mol. The Morgan fingerprint density at radius 3 is 2.18 bits per heavy atom. The lowest BCUT2D eigenvalue weighted by Gasteiger charge is -2.37. The van der Waals surface area contributed by atoms with E-state index in [1.807, 2.05) is 25.1 Å². The molecule has 1 aromatic rings. The lowest BCUT2D eigenvalue weighted by Crippen LogP contribution is -2.40. The molecular formula is C18H16BrNO2. The minimum absolute atomic E-state index is 0.0152. The van der Waals surface area contributed by atoms with Crippen LogP contribution >= 0.6 is 15.9 Å². The van der Waals surface area contributed by atoms with Crippen LogP contribution in [0.4, 0.5) is 5.69 Å². The molecule has 2 bridgehead atoms. The summed E-state index contributed by atoms with van der Waals surface area (Å²) in [6, 6.07) is 5.70. The van der Waals surface area contributed by atoms with Crippen LogP contribution < -0.4 is 4.90 Å². The number of imide groups is 1. The second kappa shape index (κ2) is 4.10. The van der Waals surface area contributed by atoms with Crippen LogP contribution in [0, 0.1) is 42.4 Å². The van der Waals surface area contributed by atoms with Crippen molar-refractivity contribution in [2.45, 2.75) is 13.3 Å². The number of allylic oxidation sites excluding steroid dienone is 2. The molecular weight excluding hydrogens is 342 g/mol. The summed E-state index contributed by atoms with van der Waals surface area (Å²) < 4.78 is 0.996. The Bertz CT molecular complexity index is 719. The first-order chi connectivity index (χ1) is 10.6. The lowest BCUT2D eigenvalue weighted by molar-refractivity contribution is -0.124. The Labute approximate surface area is 137 Å². The van der Waals surface area contributed by atoms with Crippen molar-refractivity contribution in [3.63, 3.8) is 0 Å². The van der Waals surface area contributed by atoms with Gasteiger partial charge in [0.05, 0.1) is 17.5 Å². The lowest BCUT2D eigenvalue weighted by atomic mass is 9.63. The van der Waals surface area contributed by atoms with E-state index in [-0.39, 0.29) is 35.5 Å². The van der Waals surface area contributed by atoms with Crippen molar-refractivity contribution in [2.24, 2.45) is 35.5 Å². The number of carbonyl (C=O) groups excluding carboxylic acids is 2. The van der Waals surface area contributed by atoms with Gasteiger partial charge in [0.25, 0.3) is 0 Å². The molecule has 0 unspecified atom stereocenters. The smallest absolute Gasteiger partial charge is 0.238 e. The van der Waals surface area contributed by atoms with Crippen LogP contribution in [0.1, 0.15) is 12.0 Å². The van der Waals surface area contributed by atoms with Gasteiger partial charge in [-0.3, -0.25) is 14.5 Å². The number of amides is 2. The fraction of sp³-hybridized carbons (Fsp3) is 0.444. The predicted octanol–water partition coefficient (Wildman–Crippen LogP) is 3.32. The molecule has 0 radical (unpaired) electrons. The average Bonchev–Trinajstić information content (AvgIpc) is 3.28. The minimum atomic E-state index is -0.116. The van der Waals surface area contributed by atoms with Crippen molar-refractivity contribution in [1.82, 2.24) is 0 Å². The number of hydrogen-bond acceptors (Lipinski definition) is 2. The first kappa shape index (κ1) is 13.1. The Hall–Kier alpha value is -1.42. The zero-order chi connectivity index (χ0) is 15.2. The standard InChI is InChI=1S/C18H16BrNO2/c1-8-6-9(2-5-14(8)19)20-17(21)15-10-3-4-11(13-7-12(10)13)16(15)18(20)22/h2-6,10-13,15-16H,7H2,1H3/t10-,11-,12-,13+,15-,16+/m0/s1. The van der Waals surface area contributed by atoms with Gasteiger partial charge < -0.3 is 0 Å². The van der Waals surface area contributed by atoms with Crippen molar-refractivity contribution >= 4 is 33.4 Å². The van der Waals surface area contributed by atoms with Gasteiger partial charge in [0.2, 0.25) is 11.8 Å². The third kappa shape index (κ3) is 1.47. The molecule has 1 saturated heterocycles. The topological polar surface area (TPSA) is 37.4 Å². The van der Waals surface area contributed by atoms with Gasteiger partial charge in [0, 0.05) is 4.47 Å². The fourth-order valence-corrected chi connectivity index (χ4v) is 5.23. The summed E-state index contributed by atoms with van der Waals surface area (Å²) in [5.41, 5.74) is 1.76. The Morgan fingerprint density at radius 2 is 1.64 bits per heavy atom. The highest BCUT2D eigenvalue weighted by atomic mass is 79.9. The normalized spacial score (nSPS) is 40.9. The summed E-state index contributed by atoms with van der Waals surface area (Å²) in [4.78, 5) is 27.4. The van der Waals surface area contributed by atoms with E-state index in [0.717, 1.165) is 15.7 Å². The number of rotatable bonds is 1. The van der Waals surface area contributed by atoms with Gasteiger partial charge >= 0.3 is 0 Å². The number of carbonyl (C=O) groups is 2. The number of benzene rings is 1. The van der Waals surface area contributed by atoms with E-state index in [9.17, 15) is 9.59 Å². The summed E-state index contributed by atoms with van der Waals surface area (Å²) >= 11 is 3.47. The third-order valence-corrected chi connectivity index (χ3v) is 6.95. The van der Waals surface area contributed by atoms with Crippen LogP contribution in [0.15, 0.2) is 34.8 Å². The number of aryl methyl sites for hydroxylation is 1. The van der Waals surface area contributed by atoms with Crippen LogP contribution in [0.5, 0.6) is 0 Å². The molecule has 0 N–H and O–H groups in total. The third-order valence-electron chi connectivity index (χ3n) is 6.06. The highest BCUT2D eigenvalue weighted by molar-refractivity contribution is 9.10. The van der Waals surface area contributed by atoms with Gasteiger partial charge in [-0.1, -0.05) is 28.1 Å². The molecule has 3 fully saturated rings. The molecule has 6 atom stereocenters. The van der Waals surface area contributed by atoms with Gasteiger partial charge in [-0.25, -0.2) is 0 Å². The quantitative estimate of drug-likeness (QED) is 0.571. The Balaban J connectivity index is 1.58. The van der Waals surface area contributed by atoms with E-state index >= 15 is 0 Å². The molecule has 2 saturated carbocycles. The maximum absolute atomic E-state index is 13.0. The highest BCUT2D eigenvalue weighted by Crippen LogP contribution is 2.65. The van der Waals surface area contributed by atoms with Crippen LogP contribution in [-0.2, 0) is 9.59 Å². The Kier molecular flexibility index (Phi) is 2.44. The average molecular weight is 358 g/mol. The summed E-state index contributed by atoms with van der Waals surface area (Å²) in [5.74, 6) is 1.68. The monoisotopic (exact) mass is 357 g/mol. The van der Waals surface area contributed by atoms with E-state index in [2.05, 4.69) is 28.1 Å². The SMILES string of the molecule is Cc1cc(N2C(=O)[C@@H]3[C@H]4C=C[C@@H]([C@@H]5C[C@H]45)[C@@H]3C2=O)ccc1Br. The zero-order valence-corrected chi connectivity index (χ0v) is 13.8. The molecule has 1 aromatic carbocycles. The van der Waals surface area contributed by atoms with Gasteiger partial charge in [-0.2, -0.15) is 0 Å². The van der Waals surface area contributed by atoms with Crippen molar-refractivity contribution in [1.29, 1.82) is 0 Å². The van der Waals surface area contributed by atoms with E-state index in [0.29, 0.717) is 11.8 Å². The largest absolute Gasteiger partial charge is 0.274 e. The molecule has 0 spiro atoms. The molecule has 112 valence electrons. The number of hydrogen-bond donors (Lipinski definition) is 0. The van der Waals surface area contributed by atoms with Crippen LogP contribution in [0.25, 0.3) is 0 Å². The molecule has 1 aliphatic heterocycles. The molecule has 4 heteroatoms. The molecule has 2 amide bonds. The minimum Gasteiger partial charge on any atom is -0.274 e. The maximum Gasteiger partial charge on any atom is 0.238 e. The van der Waals surface area contributed by atoms with Crippen molar-refractivity contribution in [2.75, 3.05) is 4.90 Å². The van der Waals surface area contributed by atoms with Crippen molar-refractivity contribution < 1.29 is 9.59 Å². The molecule has 4 aliphatic carbocycles. The number of halogens is 1. The molecule has 6 rings (SSSR count). The van der Waals surface area contributed by atoms with Gasteiger partial charge in [0.1, 0.15) is 0 Å². The van der Waals surface area contributed by atoms with Gasteiger partial charge in [-0.05, 0) is 60.8 Å². The van der Waals surface area contributed by atoms with Crippen molar-refractivity contribution in [3.05, 3.63) is 40.4 Å². The fourth-order valence-electron chi connectivity index (χ4n) is 4.98. The maximum atomic E-state index is 13.0. The highest BCUT2D eigenvalue weighted by Gasteiger charge is 2.67. The molecule has 1 heterocycles. The van der Waals surface area contributed by atoms with Gasteiger partial charge in [0.15, 0.2) is 0 Å². The summed E-state index contributed by atoms with van der Waals surface area (Å²) in [7, 11) is 0. The summed E-state index contributed by atoms with van der Waals surface area (Å²) in [6.45, 7) is 1.98. The van der Waals surface area contributed by atoms with E-state index in [4.69, 9.17) is 0 Å².